The molecule has 1 atom stereocenters. The fourth-order valence-corrected chi connectivity index (χ4v) is 2.52. The van der Waals surface area contributed by atoms with E-state index in [9.17, 15) is 5.11 Å². The van der Waals surface area contributed by atoms with E-state index >= 15 is 0 Å². The van der Waals surface area contributed by atoms with Gasteiger partial charge in [0.1, 0.15) is 5.75 Å². The Labute approximate surface area is 104 Å². The smallest absolute Gasteiger partial charge is 0.115 e. The average Bonchev–Trinajstić information content (AvgIpc) is 2.32. The molecule has 1 aromatic rings. The summed E-state index contributed by atoms with van der Waals surface area (Å²) < 4.78 is 0. The molecule has 1 unspecified atom stereocenters. The summed E-state index contributed by atoms with van der Waals surface area (Å²) in [4.78, 5) is 4.82. The lowest BCUT2D eigenvalue weighted by Gasteiger charge is -2.35. The number of benzene rings is 1. The fraction of sp³-hybridized carbons (Fsp3) is 0.571. The van der Waals surface area contributed by atoms with Gasteiger partial charge in [-0.15, -0.1) is 0 Å². The number of likely N-dealkylation sites (tertiary alicyclic amines) is 1. The van der Waals surface area contributed by atoms with Gasteiger partial charge in [-0.1, -0.05) is 12.1 Å². The van der Waals surface area contributed by atoms with Crippen LogP contribution in [0, 0.1) is 0 Å². The molecule has 0 amide bonds. The van der Waals surface area contributed by atoms with Crippen molar-refractivity contribution in [2.45, 2.75) is 25.4 Å². The highest BCUT2D eigenvalue weighted by Gasteiger charge is 2.20. The van der Waals surface area contributed by atoms with Gasteiger partial charge in [-0.2, -0.15) is 0 Å². The number of phenolic OH excluding ortho intramolecular Hbond substituents is 1. The minimum absolute atomic E-state index is 0.341. The lowest BCUT2D eigenvalue weighted by atomic mass is 10.0. The predicted molar refractivity (Wildman–Crippen MR) is 70.1 cm³/mol. The highest BCUT2D eigenvalue weighted by molar-refractivity contribution is 5.25. The van der Waals surface area contributed by atoms with Gasteiger partial charge in [0.15, 0.2) is 0 Å². The molecule has 1 saturated heterocycles. The largest absolute Gasteiger partial charge is 0.508 e. The number of aromatic hydroxyl groups is 1. The van der Waals surface area contributed by atoms with Crippen molar-refractivity contribution in [2.24, 2.45) is 0 Å². The van der Waals surface area contributed by atoms with Gasteiger partial charge in [0.25, 0.3) is 0 Å². The van der Waals surface area contributed by atoms with E-state index in [1.54, 1.807) is 12.1 Å². The highest BCUT2D eigenvalue weighted by atomic mass is 16.3. The first-order valence-corrected chi connectivity index (χ1v) is 6.32. The second-order valence-electron chi connectivity index (χ2n) is 5.14. The molecule has 0 bridgehead atoms. The number of hydrogen-bond acceptors (Lipinski definition) is 3. The third-order valence-corrected chi connectivity index (χ3v) is 3.59. The second kappa shape index (κ2) is 5.52. The number of rotatable bonds is 3. The van der Waals surface area contributed by atoms with Crippen molar-refractivity contribution in [1.29, 1.82) is 0 Å². The van der Waals surface area contributed by atoms with Gasteiger partial charge in [0.05, 0.1) is 0 Å². The van der Waals surface area contributed by atoms with Crippen molar-refractivity contribution in [3.8, 4) is 5.75 Å². The Morgan fingerprint density at radius 3 is 2.71 bits per heavy atom. The third-order valence-electron chi connectivity index (χ3n) is 3.59. The summed E-state index contributed by atoms with van der Waals surface area (Å²) in [6, 6.07) is 8.17. The van der Waals surface area contributed by atoms with Crippen molar-refractivity contribution in [2.75, 3.05) is 27.2 Å². The maximum absolute atomic E-state index is 9.25. The first-order valence-electron chi connectivity index (χ1n) is 6.32. The Kier molecular flexibility index (Phi) is 4.02. The van der Waals surface area contributed by atoms with Gasteiger partial charge in [0.2, 0.25) is 0 Å². The SMILES string of the molecule is CN1CCCC(N(C)Cc2ccc(O)cc2)C1. The van der Waals surface area contributed by atoms with Gasteiger partial charge in [0, 0.05) is 19.1 Å². The Bertz CT molecular complexity index is 350. The lowest BCUT2D eigenvalue weighted by molar-refractivity contribution is 0.129. The van der Waals surface area contributed by atoms with Crippen molar-refractivity contribution in [1.82, 2.24) is 9.80 Å². The maximum Gasteiger partial charge on any atom is 0.115 e. The van der Waals surface area contributed by atoms with Crippen LogP contribution < -0.4 is 0 Å². The molecule has 0 spiro atoms. The summed E-state index contributed by atoms with van der Waals surface area (Å²) in [6.45, 7) is 3.34. The molecule has 3 nitrogen and oxygen atoms in total. The summed E-state index contributed by atoms with van der Waals surface area (Å²) in [5.74, 6) is 0.341. The van der Waals surface area contributed by atoms with Crippen LogP contribution in [-0.4, -0.2) is 48.1 Å². The Morgan fingerprint density at radius 2 is 2.06 bits per heavy atom. The van der Waals surface area contributed by atoms with Crippen LogP contribution in [0.5, 0.6) is 5.75 Å². The van der Waals surface area contributed by atoms with Crippen molar-refractivity contribution < 1.29 is 5.11 Å². The van der Waals surface area contributed by atoms with Gasteiger partial charge in [-0.25, -0.2) is 0 Å². The average molecular weight is 234 g/mol. The lowest BCUT2D eigenvalue weighted by Crippen LogP contribution is -2.44. The molecular weight excluding hydrogens is 212 g/mol. The molecule has 1 heterocycles. The van der Waals surface area contributed by atoms with Crippen LogP contribution in [-0.2, 0) is 6.54 Å². The monoisotopic (exact) mass is 234 g/mol. The van der Waals surface area contributed by atoms with E-state index in [0.29, 0.717) is 11.8 Å². The Balaban J connectivity index is 1.91. The van der Waals surface area contributed by atoms with Gasteiger partial charge < -0.3 is 10.0 Å². The van der Waals surface area contributed by atoms with Gasteiger partial charge in [-0.3, -0.25) is 4.90 Å². The van der Waals surface area contributed by atoms with Crippen LogP contribution in [0.3, 0.4) is 0 Å². The molecule has 94 valence electrons. The van der Waals surface area contributed by atoms with E-state index in [1.165, 1.54) is 24.9 Å². The van der Waals surface area contributed by atoms with Crippen molar-refractivity contribution in [3.63, 3.8) is 0 Å². The number of hydrogen-bond donors (Lipinski definition) is 1. The van der Waals surface area contributed by atoms with E-state index in [4.69, 9.17) is 0 Å². The molecule has 0 radical (unpaired) electrons. The first kappa shape index (κ1) is 12.4. The maximum atomic E-state index is 9.25. The molecule has 0 saturated carbocycles. The molecule has 17 heavy (non-hydrogen) atoms. The Morgan fingerprint density at radius 1 is 1.35 bits per heavy atom. The minimum Gasteiger partial charge on any atom is -0.508 e. The van der Waals surface area contributed by atoms with E-state index in [0.717, 1.165) is 13.1 Å². The molecule has 0 aliphatic carbocycles. The summed E-state index contributed by atoms with van der Waals surface area (Å²) >= 11 is 0. The molecule has 3 heteroatoms. The first-order chi connectivity index (χ1) is 8.15. The molecule has 1 aromatic carbocycles. The molecule has 1 N–H and O–H groups in total. The molecule has 2 rings (SSSR count). The number of phenols is 1. The van der Waals surface area contributed by atoms with Gasteiger partial charge >= 0.3 is 0 Å². The van der Waals surface area contributed by atoms with Crippen LogP contribution in [0.25, 0.3) is 0 Å². The van der Waals surface area contributed by atoms with Crippen LogP contribution in [0.15, 0.2) is 24.3 Å². The third kappa shape index (κ3) is 3.45. The highest BCUT2D eigenvalue weighted by Crippen LogP contribution is 2.17. The zero-order valence-electron chi connectivity index (χ0n) is 10.8. The summed E-state index contributed by atoms with van der Waals surface area (Å²) in [5.41, 5.74) is 1.26. The topological polar surface area (TPSA) is 26.7 Å². The summed E-state index contributed by atoms with van der Waals surface area (Å²) in [7, 11) is 4.39. The quantitative estimate of drug-likeness (QED) is 0.865. The van der Waals surface area contributed by atoms with Crippen LogP contribution in [0.2, 0.25) is 0 Å². The number of likely N-dealkylation sites (N-methyl/N-ethyl adjacent to an activating group) is 2. The molecule has 1 aliphatic heterocycles. The van der Waals surface area contributed by atoms with Crippen LogP contribution in [0.4, 0.5) is 0 Å². The van der Waals surface area contributed by atoms with Crippen LogP contribution >= 0.6 is 0 Å². The predicted octanol–water partition coefficient (Wildman–Crippen LogP) is 1.92. The number of nitrogens with zero attached hydrogens (tertiary/aromatic N) is 2. The molecule has 0 aromatic heterocycles. The molecule has 1 fully saturated rings. The summed E-state index contributed by atoms with van der Waals surface area (Å²) in [5, 5.41) is 9.25. The number of piperidine rings is 1. The zero-order chi connectivity index (χ0) is 12.3. The van der Waals surface area contributed by atoms with E-state index in [-0.39, 0.29) is 0 Å². The van der Waals surface area contributed by atoms with E-state index in [2.05, 4.69) is 23.9 Å². The van der Waals surface area contributed by atoms with Crippen molar-refractivity contribution in [3.05, 3.63) is 29.8 Å². The van der Waals surface area contributed by atoms with E-state index in [1.807, 2.05) is 12.1 Å². The van der Waals surface area contributed by atoms with Crippen LogP contribution in [0.1, 0.15) is 18.4 Å². The van der Waals surface area contributed by atoms with Gasteiger partial charge in [-0.05, 0) is 51.2 Å². The summed E-state index contributed by atoms with van der Waals surface area (Å²) in [6.07, 6.45) is 2.58. The normalized spacial score (nSPS) is 21.9. The fourth-order valence-electron chi connectivity index (χ4n) is 2.52. The minimum atomic E-state index is 0.341. The molecule has 1 aliphatic rings. The standard InChI is InChI=1S/C14H22N2O/c1-15-9-3-4-13(11-15)16(2)10-12-5-7-14(17)8-6-12/h5-8,13,17H,3-4,9-11H2,1-2H3. The Hall–Kier alpha value is -1.06. The van der Waals surface area contributed by atoms with E-state index < -0.39 is 0 Å². The van der Waals surface area contributed by atoms with Crippen molar-refractivity contribution >= 4 is 0 Å². The zero-order valence-corrected chi connectivity index (χ0v) is 10.8. The second-order valence-corrected chi connectivity index (χ2v) is 5.14. The molecular formula is C14H22N2O.